The van der Waals surface area contributed by atoms with Crippen LogP contribution in [0.2, 0.25) is 0 Å². The lowest BCUT2D eigenvalue weighted by Crippen LogP contribution is -2.23. The summed E-state index contributed by atoms with van der Waals surface area (Å²) in [6.07, 6.45) is 0.101. The van der Waals surface area contributed by atoms with Crippen LogP contribution in [0.5, 0.6) is 11.5 Å². The highest BCUT2D eigenvalue weighted by molar-refractivity contribution is 7.89. The van der Waals surface area contributed by atoms with Crippen molar-refractivity contribution in [1.29, 1.82) is 0 Å². The molecule has 5 nitrogen and oxygen atoms in total. The van der Waals surface area contributed by atoms with Crippen LogP contribution in [-0.4, -0.2) is 21.6 Å². The normalized spacial score (nSPS) is 11.8. The molecule has 26 heavy (non-hydrogen) atoms. The standard InChI is InChI=1S/C20H27NO4S/c1-14(2)19-12-18(10-11-20(19)24-5)26(22,23)21-13-16-6-8-17(9-7-16)25-15(3)4/h6-12,14-15,21H,13H2,1-5H3. The predicted octanol–water partition coefficient (Wildman–Crippen LogP) is 4.08. The molecule has 0 spiro atoms. The summed E-state index contributed by atoms with van der Waals surface area (Å²) < 4.78 is 38.8. The number of benzene rings is 2. The van der Waals surface area contributed by atoms with E-state index in [1.54, 1.807) is 25.3 Å². The monoisotopic (exact) mass is 377 g/mol. The summed E-state index contributed by atoms with van der Waals surface area (Å²) in [5.74, 6) is 1.62. The van der Waals surface area contributed by atoms with Crippen molar-refractivity contribution in [3.63, 3.8) is 0 Å². The van der Waals surface area contributed by atoms with Crippen molar-refractivity contribution in [1.82, 2.24) is 4.72 Å². The maximum absolute atomic E-state index is 12.6. The SMILES string of the molecule is COc1ccc(S(=O)(=O)NCc2ccc(OC(C)C)cc2)cc1C(C)C. The van der Waals surface area contributed by atoms with Gasteiger partial charge in [-0.05, 0) is 61.2 Å². The minimum absolute atomic E-state index is 0.101. The van der Waals surface area contributed by atoms with Gasteiger partial charge in [0.2, 0.25) is 10.0 Å². The second kappa shape index (κ2) is 8.56. The van der Waals surface area contributed by atoms with Crippen LogP contribution in [0.1, 0.15) is 44.7 Å². The van der Waals surface area contributed by atoms with Gasteiger partial charge in [-0.25, -0.2) is 13.1 Å². The zero-order valence-electron chi connectivity index (χ0n) is 15.9. The van der Waals surface area contributed by atoms with E-state index in [0.29, 0.717) is 5.75 Å². The van der Waals surface area contributed by atoms with Crippen LogP contribution in [0, 0.1) is 0 Å². The molecule has 142 valence electrons. The molecule has 0 unspecified atom stereocenters. The average molecular weight is 378 g/mol. The molecule has 2 aromatic rings. The van der Waals surface area contributed by atoms with E-state index in [2.05, 4.69) is 4.72 Å². The van der Waals surface area contributed by atoms with Crippen molar-refractivity contribution < 1.29 is 17.9 Å². The quantitative estimate of drug-likeness (QED) is 0.753. The smallest absolute Gasteiger partial charge is 0.240 e. The minimum atomic E-state index is -3.61. The number of ether oxygens (including phenoxy) is 2. The Morgan fingerprint density at radius 1 is 1.00 bits per heavy atom. The third kappa shape index (κ3) is 5.22. The van der Waals surface area contributed by atoms with Crippen molar-refractivity contribution in [3.05, 3.63) is 53.6 Å². The van der Waals surface area contributed by atoms with Gasteiger partial charge in [-0.2, -0.15) is 0 Å². The van der Waals surface area contributed by atoms with E-state index >= 15 is 0 Å². The van der Waals surface area contributed by atoms with Gasteiger partial charge in [0.1, 0.15) is 11.5 Å². The minimum Gasteiger partial charge on any atom is -0.496 e. The molecular weight excluding hydrogens is 350 g/mol. The van der Waals surface area contributed by atoms with E-state index in [1.165, 1.54) is 0 Å². The van der Waals surface area contributed by atoms with E-state index in [4.69, 9.17) is 9.47 Å². The molecule has 6 heteroatoms. The van der Waals surface area contributed by atoms with E-state index in [9.17, 15) is 8.42 Å². The van der Waals surface area contributed by atoms with Gasteiger partial charge in [0.25, 0.3) is 0 Å². The average Bonchev–Trinajstić information content (AvgIpc) is 2.60. The lowest BCUT2D eigenvalue weighted by Gasteiger charge is -2.14. The van der Waals surface area contributed by atoms with Crippen LogP contribution < -0.4 is 14.2 Å². The summed E-state index contributed by atoms with van der Waals surface area (Å²) in [5, 5.41) is 0. The van der Waals surface area contributed by atoms with E-state index in [1.807, 2.05) is 52.0 Å². The molecule has 0 aromatic heterocycles. The van der Waals surface area contributed by atoms with Gasteiger partial charge in [0.15, 0.2) is 0 Å². The molecule has 2 aromatic carbocycles. The van der Waals surface area contributed by atoms with E-state index < -0.39 is 10.0 Å². The first kappa shape index (κ1) is 20.3. The molecule has 0 saturated heterocycles. The summed E-state index contributed by atoms with van der Waals surface area (Å²) in [6.45, 7) is 8.14. The summed E-state index contributed by atoms with van der Waals surface area (Å²) in [6, 6.07) is 12.3. The van der Waals surface area contributed by atoms with Crippen LogP contribution in [0.15, 0.2) is 47.4 Å². The van der Waals surface area contributed by atoms with Crippen molar-refractivity contribution >= 4 is 10.0 Å². The summed E-state index contributed by atoms with van der Waals surface area (Å²) in [7, 11) is -2.02. The Morgan fingerprint density at radius 2 is 1.65 bits per heavy atom. The number of methoxy groups -OCH3 is 1. The fraction of sp³-hybridized carbons (Fsp3) is 0.400. The Bertz CT molecular complexity index is 827. The molecule has 0 saturated carbocycles. The molecule has 0 aliphatic heterocycles. The van der Waals surface area contributed by atoms with Gasteiger partial charge in [-0.15, -0.1) is 0 Å². The van der Waals surface area contributed by atoms with E-state index in [-0.39, 0.29) is 23.5 Å². The molecule has 0 aliphatic rings. The van der Waals surface area contributed by atoms with Crippen molar-refractivity contribution in [2.24, 2.45) is 0 Å². The highest BCUT2D eigenvalue weighted by Gasteiger charge is 2.17. The highest BCUT2D eigenvalue weighted by atomic mass is 32.2. The largest absolute Gasteiger partial charge is 0.496 e. The number of rotatable bonds is 8. The fourth-order valence-electron chi connectivity index (χ4n) is 2.55. The number of hydrogen-bond donors (Lipinski definition) is 1. The molecule has 0 aliphatic carbocycles. The summed E-state index contributed by atoms with van der Waals surface area (Å²) >= 11 is 0. The van der Waals surface area contributed by atoms with Gasteiger partial charge in [0.05, 0.1) is 18.1 Å². The van der Waals surface area contributed by atoms with Gasteiger partial charge < -0.3 is 9.47 Å². The Kier molecular flexibility index (Phi) is 6.67. The van der Waals surface area contributed by atoms with Gasteiger partial charge in [-0.3, -0.25) is 0 Å². The molecule has 2 rings (SSSR count). The van der Waals surface area contributed by atoms with Crippen molar-refractivity contribution in [2.45, 2.75) is 51.2 Å². The Morgan fingerprint density at radius 3 is 2.19 bits per heavy atom. The predicted molar refractivity (Wildman–Crippen MR) is 103 cm³/mol. The van der Waals surface area contributed by atoms with Crippen LogP contribution in [0.4, 0.5) is 0 Å². The number of sulfonamides is 1. The molecule has 0 bridgehead atoms. The van der Waals surface area contributed by atoms with Gasteiger partial charge >= 0.3 is 0 Å². The van der Waals surface area contributed by atoms with Gasteiger partial charge in [-0.1, -0.05) is 26.0 Å². The van der Waals surface area contributed by atoms with Crippen LogP contribution in [0.3, 0.4) is 0 Å². The van der Waals surface area contributed by atoms with Crippen LogP contribution >= 0.6 is 0 Å². The third-order valence-electron chi connectivity index (χ3n) is 3.89. The second-order valence-corrected chi connectivity index (χ2v) is 8.46. The number of nitrogens with one attached hydrogen (secondary N) is 1. The Labute approximate surface area is 156 Å². The maximum Gasteiger partial charge on any atom is 0.240 e. The van der Waals surface area contributed by atoms with Crippen molar-refractivity contribution in [2.75, 3.05) is 7.11 Å². The van der Waals surface area contributed by atoms with Gasteiger partial charge in [0, 0.05) is 6.54 Å². The maximum atomic E-state index is 12.6. The Balaban J connectivity index is 2.12. The molecule has 1 N–H and O–H groups in total. The fourth-order valence-corrected chi connectivity index (χ4v) is 3.60. The molecule has 0 heterocycles. The van der Waals surface area contributed by atoms with Crippen molar-refractivity contribution in [3.8, 4) is 11.5 Å². The molecule has 0 atom stereocenters. The second-order valence-electron chi connectivity index (χ2n) is 6.69. The molecule has 0 amide bonds. The topological polar surface area (TPSA) is 64.6 Å². The zero-order chi connectivity index (χ0) is 19.3. The summed E-state index contributed by atoms with van der Waals surface area (Å²) in [5.41, 5.74) is 1.73. The number of hydrogen-bond acceptors (Lipinski definition) is 4. The zero-order valence-corrected chi connectivity index (χ0v) is 16.8. The third-order valence-corrected chi connectivity index (χ3v) is 5.29. The van der Waals surface area contributed by atoms with Crippen LogP contribution in [0.25, 0.3) is 0 Å². The first-order chi connectivity index (χ1) is 12.2. The first-order valence-corrected chi connectivity index (χ1v) is 10.1. The lowest BCUT2D eigenvalue weighted by molar-refractivity contribution is 0.242. The Hall–Kier alpha value is -2.05. The molecule has 0 fully saturated rings. The summed E-state index contributed by atoms with van der Waals surface area (Å²) in [4.78, 5) is 0.238. The lowest BCUT2D eigenvalue weighted by atomic mass is 10.0. The highest BCUT2D eigenvalue weighted by Crippen LogP contribution is 2.28. The van der Waals surface area contributed by atoms with Crippen LogP contribution in [-0.2, 0) is 16.6 Å². The van der Waals surface area contributed by atoms with E-state index in [0.717, 1.165) is 16.9 Å². The first-order valence-electron chi connectivity index (χ1n) is 8.66. The molecular formula is C20H27NO4S. The molecule has 0 radical (unpaired) electrons.